The molecule has 1 unspecified atom stereocenters. The molecular formula is C45H39FN8O5S2. The van der Waals surface area contributed by atoms with E-state index in [2.05, 4.69) is 31.3 Å². The number of nitriles is 1. The van der Waals surface area contributed by atoms with Gasteiger partial charge in [-0.05, 0) is 86.7 Å². The summed E-state index contributed by atoms with van der Waals surface area (Å²) >= 11 is 1.56. The molecule has 1 aliphatic heterocycles. The molecule has 16 heteroatoms. The van der Waals surface area contributed by atoms with Gasteiger partial charge in [0.2, 0.25) is 0 Å². The van der Waals surface area contributed by atoms with E-state index in [9.17, 15) is 28.4 Å². The number of aliphatic imine (C=N–C) groups is 1. The molecule has 0 aliphatic carbocycles. The summed E-state index contributed by atoms with van der Waals surface area (Å²) in [5, 5.41) is 32.3. The van der Waals surface area contributed by atoms with Crippen molar-refractivity contribution in [2.45, 2.75) is 64.4 Å². The van der Waals surface area contributed by atoms with Gasteiger partial charge in [0, 0.05) is 38.7 Å². The van der Waals surface area contributed by atoms with Crippen molar-refractivity contribution >= 4 is 55.5 Å². The molecule has 308 valence electrons. The molecule has 1 aliphatic rings. The third-order valence-electron chi connectivity index (χ3n) is 11.0. The lowest BCUT2D eigenvalue weighted by Gasteiger charge is -2.16. The number of hydrogen-bond acceptors (Lipinski definition) is 9. The Hall–Kier alpha value is -6.96. The second-order valence-corrected chi connectivity index (χ2v) is 17.7. The lowest BCUT2D eigenvalue weighted by molar-refractivity contribution is -0.137. The van der Waals surface area contributed by atoms with E-state index in [1.165, 1.54) is 24.3 Å². The Morgan fingerprint density at radius 3 is 2.41 bits per heavy atom. The third kappa shape index (κ3) is 7.47. The van der Waals surface area contributed by atoms with E-state index in [1.54, 1.807) is 66.9 Å². The number of rotatable bonds is 11. The molecule has 4 heterocycles. The molecule has 3 aromatic heterocycles. The number of nitrogens with one attached hydrogen (secondary N) is 3. The second-order valence-electron chi connectivity index (χ2n) is 14.8. The Morgan fingerprint density at radius 1 is 1.02 bits per heavy atom. The maximum absolute atomic E-state index is 15.7. The highest BCUT2D eigenvalue weighted by Gasteiger charge is 2.32. The Balaban J connectivity index is 0.975. The Morgan fingerprint density at radius 2 is 1.74 bits per heavy atom. The quantitative estimate of drug-likeness (QED) is 0.0992. The normalized spacial score (nSPS) is 14.0. The van der Waals surface area contributed by atoms with Gasteiger partial charge in [0.05, 0.1) is 39.8 Å². The van der Waals surface area contributed by atoms with Gasteiger partial charge in [0.15, 0.2) is 5.82 Å². The highest BCUT2D eigenvalue weighted by molar-refractivity contribution is 7.92. The van der Waals surface area contributed by atoms with Crippen LogP contribution < -0.4 is 10.0 Å². The van der Waals surface area contributed by atoms with Crippen LogP contribution in [0.25, 0.3) is 27.0 Å². The largest absolute Gasteiger partial charge is 0.481 e. The third-order valence-corrected chi connectivity index (χ3v) is 13.6. The van der Waals surface area contributed by atoms with E-state index >= 15 is 4.39 Å². The molecule has 0 saturated carbocycles. The van der Waals surface area contributed by atoms with E-state index < -0.39 is 39.8 Å². The number of sulfonamides is 1. The lowest BCUT2D eigenvalue weighted by atomic mass is 9.96. The number of fused-ring (bicyclic) bond motifs is 4. The SMILES string of the molecule is CCc1ccc(NS(=O)(=O)c2ccc(C(C)NC(=O)c3ccc(-c4ccc(C5=N[C@@H](CC(=O)O)c6nnc(C)n6-c6sc(C)c(C)c65)cc4)c(F)c3)cc2)c2[nH]cc(C#N)c12. The van der Waals surface area contributed by atoms with Crippen molar-refractivity contribution in [3.8, 4) is 22.2 Å². The van der Waals surface area contributed by atoms with Crippen molar-refractivity contribution in [1.29, 1.82) is 5.26 Å². The summed E-state index contributed by atoms with van der Waals surface area (Å²) in [6.45, 7) is 9.55. The molecule has 0 radical (unpaired) electrons. The summed E-state index contributed by atoms with van der Waals surface area (Å²) < 4.78 is 47.1. The van der Waals surface area contributed by atoms with Crippen LogP contribution in [-0.4, -0.2) is 50.9 Å². The number of carboxylic acids is 1. The first-order chi connectivity index (χ1) is 29.2. The van der Waals surface area contributed by atoms with Gasteiger partial charge in [-0.3, -0.25) is 23.9 Å². The van der Waals surface area contributed by atoms with Crippen molar-refractivity contribution in [1.82, 2.24) is 25.1 Å². The zero-order chi connectivity index (χ0) is 43.3. The Kier molecular flexibility index (Phi) is 10.6. The number of carbonyl (C=O) groups is 2. The molecule has 7 aromatic rings. The maximum Gasteiger partial charge on any atom is 0.306 e. The van der Waals surface area contributed by atoms with E-state index in [-0.39, 0.29) is 22.4 Å². The number of hydrogen-bond donors (Lipinski definition) is 4. The lowest BCUT2D eigenvalue weighted by Crippen LogP contribution is -2.26. The van der Waals surface area contributed by atoms with Crippen LogP contribution in [0.4, 0.5) is 10.1 Å². The molecule has 13 nitrogen and oxygen atoms in total. The van der Waals surface area contributed by atoms with Crippen LogP contribution in [0, 0.1) is 37.9 Å². The van der Waals surface area contributed by atoms with Crippen molar-refractivity contribution in [2.75, 3.05) is 4.72 Å². The zero-order valence-electron chi connectivity index (χ0n) is 33.7. The number of carboxylic acid groups (broad SMARTS) is 1. The first-order valence-electron chi connectivity index (χ1n) is 19.4. The number of halogens is 1. The predicted molar refractivity (Wildman–Crippen MR) is 231 cm³/mol. The summed E-state index contributed by atoms with van der Waals surface area (Å²) in [5.41, 5.74) is 6.98. The fraction of sp³-hybridized carbons (Fsp3) is 0.200. The number of carbonyl (C=O) groups excluding carboxylic acids is 1. The van der Waals surface area contributed by atoms with Crippen molar-refractivity contribution < 1.29 is 27.5 Å². The number of nitrogens with zero attached hydrogens (tertiary/aromatic N) is 5. The predicted octanol–water partition coefficient (Wildman–Crippen LogP) is 8.63. The second kappa shape index (κ2) is 15.9. The number of aliphatic carboxylic acids is 1. The molecule has 2 atom stereocenters. The Bertz CT molecular complexity index is 3090. The zero-order valence-corrected chi connectivity index (χ0v) is 35.3. The first kappa shape index (κ1) is 40.8. The van der Waals surface area contributed by atoms with Crippen LogP contribution >= 0.6 is 11.3 Å². The van der Waals surface area contributed by atoms with Gasteiger partial charge in [-0.15, -0.1) is 21.5 Å². The number of aromatic nitrogens is 4. The Labute approximate surface area is 354 Å². The number of aromatic amines is 1. The minimum absolute atomic E-state index is 0.00612. The van der Waals surface area contributed by atoms with Gasteiger partial charge in [-0.25, -0.2) is 12.8 Å². The van der Waals surface area contributed by atoms with Gasteiger partial charge in [-0.1, -0.05) is 55.5 Å². The summed E-state index contributed by atoms with van der Waals surface area (Å²) in [6.07, 6.45) is 1.96. The molecule has 0 spiro atoms. The standard InChI is InChI=1S/C45H39FN8O5S2/c1-6-27-14-18-36(42-40(27)32(21-47)22-48-42)53-61(58,59)33-15-11-28(12-16-33)24(3)49-44(57)31-13-17-34(35(46)19-31)29-7-9-30(10-8-29)41-39-23(2)25(4)60-45(39)54-26(5)51-52-43(54)37(50-41)20-38(55)56/h7-19,22,24,37,48,53H,6,20H2,1-5H3,(H,49,57)(H,55,56)/t24?,37-/m0/s1. The first-order valence-corrected chi connectivity index (χ1v) is 21.7. The number of benzene rings is 4. The summed E-state index contributed by atoms with van der Waals surface area (Å²) in [6, 6.07) is 21.8. The van der Waals surface area contributed by atoms with Crippen LogP contribution in [0.2, 0.25) is 0 Å². The maximum atomic E-state index is 15.7. The summed E-state index contributed by atoms with van der Waals surface area (Å²) in [4.78, 5) is 34.3. The average Bonchev–Trinajstić information content (AvgIpc) is 3.91. The van der Waals surface area contributed by atoms with Crippen LogP contribution in [0.15, 0.2) is 94.9 Å². The van der Waals surface area contributed by atoms with Crippen LogP contribution in [0.3, 0.4) is 0 Å². The van der Waals surface area contributed by atoms with E-state index in [0.29, 0.717) is 57.1 Å². The smallest absolute Gasteiger partial charge is 0.306 e. The molecule has 0 saturated heterocycles. The van der Waals surface area contributed by atoms with Gasteiger partial charge in [0.25, 0.3) is 15.9 Å². The summed E-state index contributed by atoms with van der Waals surface area (Å²) in [7, 11) is -4.01. The molecule has 4 N–H and O–H groups in total. The number of aryl methyl sites for hydroxylation is 3. The molecule has 8 rings (SSSR count). The van der Waals surface area contributed by atoms with E-state index in [4.69, 9.17) is 4.99 Å². The monoisotopic (exact) mass is 854 g/mol. The number of amides is 1. The highest BCUT2D eigenvalue weighted by Crippen LogP contribution is 2.40. The minimum Gasteiger partial charge on any atom is -0.481 e. The minimum atomic E-state index is -4.01. The van der Waals surface area contributed by atoms with Crippen LogP contribution in [-0.2, 0) is 21.2 Å². The number of thiophene rings is 1. The summed E-state index contributed by atoms with van der Waals surface area (Å²) in [5.74, 6) is -1.05. The molecular weight excluding hydrogens is 816 g/mol. The van der Waals surface area contributed by atoms with Crippen LogP contribution in [0.5, 0.6) is 0 Å². The highest BCUT2D eigenvalue weighted by atomic mass is 32.2. The van der Waals surface area contributed by atoms with Crippen LogP contribution in [0.1, 0.15) is 92.6 Å². The average molecular weight is 855 g/mol. The van der Waals surface area contributed by atoms with E-state index in [0.717, 1.165) is 32.1 Å². The number of anilines is 1. The topological polar surface area (TPSA) is 195 Å². The molecule has 61 heavy (non-hydrogen) atoms. The van der Waals surface area contributed by atoms with Crippen molar-refractivity contribution in [2.24, 2.45) is 4.99 Å². The fourth-order valence-electron chi connectivity index (χ4n) is 7.68. The van der Waals surface area contributed by atoms with Crippen molar-refractivity contribution in [3.63, 3.8) is 0 Å². The van der Waals surface area contributed by atoms with Gasteiger partial charge in [0.1, 0.15) is 28.8 Å². The van der Waals surface area contributed by atoms with Crippen molar-refractivity contribution in [3.05, 3.63) is 146 Å². The van der Waals surface area contributed by atoms with E-state index in [1.807, 2.05) is 44.4 Å². The number of H-pyrrole nitrogens is 1. The molecule has 0 fully saturated rings. The van der Waals surface area contributed by atoms with Gasteiger partial charge in [-0.2, -0.15) is 5.26 Å². The van der Waals surface area contributed by atoms with Gasteiger partial charge < -0.3 is 15.4 Å². The van der Waals surface area contributed by atoms with Gasteiger partial charge >= 0.3 is 5.97 Å². The fourth-order valence-corrected chi connectivity index (χ4v) is 9.96. The molecule has 4 aromatic carbocycles. The molecule has 0 bridgehead atoms. The molecule has 1 amide bonds.